The largest absolute Gasteiger partial charge is 0.465 e. The number of carbonyl (C=O) groups is 2. The molecule has 1 amide bonds. The molecule has 1 aromatic heterocycles. The number of methoxy groups -OCH3 is 1. The number of esters is 1. The Labute approximate surface area is 274 Å². The summed E-state index contributed by atoms with van der Waals surface area (Å²) >= 11 is 5.81. The van der Waals surface area contributed by atoms with Gasteiger partial charge >= 0.3 is 5.97 Å². The third-order valence-electron chi connectivity index (χ3n) is 7.76. The molecule has 0 fully saturated rings. The molecule has 0 saturated carbocycles. The summed E-state index contributed by atoms with van der Waals surface area (Å²) in [5, 5.41) is 15.8. The van der Waals surface area contributed by atoms with E-state index in [0.29, 0.717) is 41.6 Å². The molecule has 0 spiro atoms. The summed E-state index contributed by atoms with van der Waals surface area (Å²) in [5.74, 6) is -0.915. The Morgan fingerprint density at radius 2 is 1.87 bits per heavy atom. The van der Waals surface area contributed by atoms with E-state index in [1.54, 1.807) is 55.0 Å². The normalized spacial score (nSPS) is 12.0. The Morgan fingerprint density at radius 3 is 2.57 bits per heavy atom. The van der Waals surface area contributed by atoms with E-state index < -0.39 is 11.8 Å². The fourth-order valence-electron chi connectivity index (χ4n) is 4.95. The lowest BCUT2D eigenvalue weighted by molar-refractivity contribution is -0.121. The Hall–Kier alpha value is -5.08. The highest BCUT2D eigenvalue weighted by molar-refractivity contribution is 7.80. The lowest BCUT2D eigenvalue weighted by atomic mass is 9.98. The van der Waals surface area contributed by atoms with Gasteiger partial charge in [-0.2, -0.15) is 5.26 Å². The second-order valence-electron chi connectivity index (χ2n) is 11.1. The van der Waals surface area contributed by atoms with Crippen LogP contribution in [0.15, 0.2) is 85.3 Å². The van der Waals surface area contributed by atoms with Crippen LogP contribution in [-0.4, -0.2) is 51.1 Å². The summed E-state index contributed by atoms with van der Waals surface area (Å²) in [5.41, 5.74) is 4.05. The first-order chi connectivity index (χ1) is 22.2. The number of anilines is 1. The van der Waals surface area contributed by atoms with Crippen molar-refractivity contribution in [2.24, 2.45) is 5.92 Å². The van der Waals surface area contributed by atoms with Crippen molar-refractivity contribution in [2.45, 2.75) is 45.8 Å². The van der Waals surface area contributed by atoms with E-state index in [4.69, 9.17) is 22.2 Å². The zero-order valence-electron chi connectivity index (χ0n) is 26.1. The molecule has 4 aromatic rings. The van der Waals surface area contributed by atoms with Crippen LogP contribution in [0.2, 0.25) is 0 Å². The second kappa shape index (κ2) is 16.3. The first-order valence-corrected chi connectivity index (χ1v) is 15.4. The molecule has 0 unspecified atom stereocenters. The molecule has 238 valence electrons. The molecule has 0 radical (unpaired) electrons. The standard InChI is InChI=1S/C35H37FN6O3S/c1-4-24(2)32(40-33(43)17-31-19-38-23-42(31)20-26-13-11-25(18-37)12-14-26)22-41(35(46)39-30-10-6-9-29(36)16-30)21-27-7-5-8-28(15-27)34(44)45-3/h5-16,19,23-24,32H,4,17,20-22H2,1-3H3,(H,39,46)(H,40,43)/t24-,32+/m0/s1. The molecular formula is C35H37FN6O3S. The monoisotopic (exact) mass is 640 g/mol. The van der Waals surface area contributed by atoms with Crippen molar-refractivity contribution >= 4 is 34.9 Å². The van der Waals surface area contributed by atoms with Crippen LogP contribution >= 0.6 is 12.2 Å². The average Bonchev–Trinajstić information content (AvgIpc) is 3.49. The van der Waals surface area contributed by atoms with Crippen molar-refractivity contribution < 1.29 is 18.7 Å². The van der Waals surface area contributed by atoms with Crippen molar-refractivity contribution in [3.05, 3.63) is 119 Å². The highest BCUT2D eigenvalue weighted by Crippen LogP contribution is 2.18. The number of imidazole rings is 1. The Bertz CT molecular complexity index is 1700. The van der Waals surface area contributed by atoms with Gasteiger partial charge in [0, 0.05) is 43.3 Å². The summed E-state index contributed by atoms with van der Waals surface area (Å²) in [6, 6.07) is 22.2. The molecule has 0 bridgehead atoms. The van der Waals surface area contributed by atoms with E-state index in [9.17, 15) is 14.0 Å². The summed E-state index contributed by atoms with van der Waals surface area (Å²) in [4.78, 5) is 31.8. The SMILES string of the molecule is CC[C@H](C)[C@@H](CN(Cc1cccc(C(=O)OC)c1)C(=S)Nc1cccc(F)c1)NC(=O)Cc1cncn1Cc1ccc(C#N)cc1. The number of nitrogens with zero attached hydrogens (tertiary/aromatic N) is 4. The van der Waals surface area contributed by atoms with Crippen LogP contribution in [0.4, 0.5) is 10.1 Å². The minimum atomic E-state index is -0.447. The van der Waals surface area contributed by atoms with Crippen LogP contribution in [0.25, 0.3) is 0 Å². The number of carbonyl (C=O) groups excluding carboxylic acids is 2. The quantitative estimate of drug-likeness (QED) is 0.141. The van der Waals surface area contributed by atoms with Crippen LogP contribution < -0.4 is 10.6 Å². The zero-order chi connectivity index (χ0) is 33.1. The molecule has 2 atom stereocenters. The maximum Gasteiger partial charge on any atom is 0.337 e. The molecule has 0 saturated heterocycles. The molecule has 11 heteroatoms. The molecule has 9 nitrogen and oxygen atoms in total. The van der Waals surface area contributed by atoms with Gasteiger partial charge in [0.25, 0.3) is 0 Å². The number of nitrogens with one attached hydrogen (secondary N) is 2. The molecule has 2 N–H and O–H groups in total. The topological polar surface area (TPSA) is 112 Å². The maximum atomic E-state index is 14.0. The number of aromatic nitrogens is 2. The first kappa shape index (κ1) is 33.8. The van der Waals surface area contributed by atoms with E-state index in [0.717, 1.165) is 23.2 Å². The van der Waals surface area contributed by atoms with Crippen LogP contribution in [0.3, 0.4) is 0 Å². The highest BCUT2D eigenvalue weighted by atomic mass is 32.1. The fourth-order valence-corrected chi connectivity index (χ4v) is 5.21. The van der Waals surface area contributed by atoms with E-state index in [1.165, 1.54) is 19.2 Å². The van der Waals surface area contributed by atoms with E-state index >= 15 is 0 Å². The molecule has 0 aliphatic rings. The number of rotatable bonds is 13. The first-order valence-electron chi connectivity index (χ1n) is 14.9. The summed E-state index contributed by atoms with van der Waals surface area (Å²) in [7, 11) is 1.33. The smallest absolute Gasteiger partial charge is 0.337 e. The number of hydrogen-bond acceptors (Lipinski definition) is 6. The number of nitriles is 1. The van der Waals surface area contributed by atoms with E-state index in [-0.39, 0.29) is 24.3 Å². The predicted octanol–water partition coefficient (Wildman–Crippen LogP) is 5.70. The summed E-state index contributed by atoms with van der Waals surface area (Å²) < 4.78 is 20.8. The predicted molar refractivity (Wildman–Crippen MR) is 178 cm³/mol. The van der Waals surface area contributed by atoms with Gasteiger partial charge in [-0.3, -0.25) is 4.79 Å². The van der Waals surface area contributed by atoms with Gasteiger partial charge in [-0.15, -0.1) is 0 Å². The molecule has 3 aromatic carbocycles. The van der Waals surface area contributed by atoms with Crippen molar-refractivity contribution in [3.8, 4) is 6.07 Å². The number of benzene rings is 3. The van der Waals surface area contributed by atoms with Crippen LogP contribution in [0.5, 0.6) is 0 Å². The van der Waals surface area contributed by atoms with Gasteiger partial charge in [-0.1, -0.05) is 50.6 Å². The van der Waals surface area contributed by atoms with Crippen molar-refractivity contribution in [3.63, 3.8) is 0 Å². The van der Waals surface area contributed by atoms with Gasteiger partial charge in [-0.05, 0) is 71.7 Å². The Balaban J connectivity index is 1.52. The highest BCUT2D eigenvalue weighted by Gasteiger charge is 2.24. The van der Waals surface area contributed by atoms with E-state index in [1.807, 2.05) is 27.7 Å². The number of halogens is 1. The molecule has 1 heterocycles. The minimum absolute atomic E-state index is 0.0911. The van der Waals surface area contributed by atoms with Gasteiger partial charge in [0.1, 0.15) is 5.82 Å². The maximum absolute atomic E-state index is 14.0. The zero-order valence-corrected chi connectivity index (χ0v) is 26.9. The molecular weight excluding hydrogens is 603 g/mol. The third-order valence-corrected chi connectivity index (χ3v) is 8.12. The third kappa shape index (κ3) is 9.46. The van der Waals surface area contributed by atoms with Crippen molar-refractivity contribution in [1.82, 2.24) is 19.8 Å². The molecule has 0 aliphatic carbocycles. The van der Waals surface area contributed by atoms with Gasteiger partial charge in [0.15, 0.2) is 5.11 Å². The lowest BCUT2D eigenvalue weighted by Crippen LogP contribution is -2.50. The lowest BCUT2D eigenvalue weighted by Gasteiger charge is -2.33. The molecule has 4 rings (SSSR count). The number of amides is 1. The number of hydrogen-bond donors (Lipinski definition) is 2. The Morgan fingerprint density at radius 1 is 1.11 bits per heavy atom. The Kier molecular flexibility index (Phi) is 12.0. The van der Waals surface area contributed by atoms with Gasteiger partial charge in [0.05, 0.1) is 37.1 Å². The average molecular weight is 641 g/mol. The summed E-state index contributed by atoms with van der Waals surface area (Å²) in [6.45, 7) is 5.33. The van der Waals surface area contributed by atoms with Crippen LogP contribution in [0.1, 0.15) is 53.0 Å². The number of thiocarbonyl (C=S) groups is 1. The summed E-state index contributed by atoms with van der Waals surface area (Å²) in [6.07, 6.45) is 4.29. The molecule has 0 aliphatic heterocycles. The van der Waals surface area contributed by atoms with Crippen molar-refractivity contribution in [1.29, 1.82) is 5.26 Å². The minimum Gasteiger partial charge on any atom is -0.465 e. The van der Waals surface area contributed by atoms with Crippen LogP contribution in [-0.2, 0) is 29.0 Å². The second-order valence-corrected chi connectivity index (χ2v) is 11.5. The van der Waals surface area contributed by atoms with E-state index in [2.05, 4.69) is 35.5 Å². The van der Waals surface area contributed by atoms with Gasteiger partial charge < -0.3 is 24.8 Å². The number of ether oxygens (including phenoxy) is 1. The van der Waals surface area contributed by atoms with Gasteiger partial charge in [0.2, 0.25) is 5.91 Å². The van der Waals surface area contributed by atoms with Crippen molar-refractivity contribution in [2.75, 3.05) is 19.0 Å². The molecule has 46 heavy (non-hydrogen) atoms. The van der Waals surface area contributed by atoms with Crippen LogP contribution in [0, 0.1) is 23.1 Å². The van der Waals surface area contributed by atoms with Gasteiger partial charge in [-0.25, -0.2) is 14.2 Å². The fraction of sp³-hybridized carbons (Fsp3) is 0.286.